The molecule has 2 rings (SSSR count). The Kier molecular flexibility index (Phi) is 5.45. The number of rotatable bonds is 4. The smallest absolute Gasteiger partial charge is 0.337 e. The second-order valence-electron chi connectivity index (χ2n) is 4.57. The first-order chi connectivity index (χ1) is 11.0. The van der Waals surface area contributed by atoms with Crippen molar-refractivity contribution >= 4 is 29.5 Å². The SMILES string of the molecule is COC(=O)c1ccc(-c2ccc(/C=N/NC(=S)NN)o2)c(C)c1. The molecule has 120 valence electrons. The Hall–Kier alpha value is -2.71. The molecule has 2 aromatic rings. The number of hydrazine groups is 1. The van der Waals surface area contributed by atoms with Gasteiger partial charge in [0, 0.05) is 5.56 Å². The molecule has 7 nitrogen and oxygen atoms in total. The minimum Gasteiger partial charge on any atom is -0.465 e. The number of methoxy groups -OCH3 is 1. The largest absolute Gasteiger partial charge is 0.465 e. The van der Waals surface area contributed by atoms with Crippen LogP contribution in [-0.4, -0.2) is 24.4 Å². The summed E-state index contributed by atoms with van der Waals surface area (Å²) in [4.78, 5) is 11.5. The van der Waals surface area contributed by atoms with Gasteiger partial charge in [-0.15, -0.1) is 0 Å². The lowest BCUT2D eigenvalue weighted by molar-refractivity contribution is 0.0600. The summed E-state index contributed by atoms with van der Waals surface area (Å²) >= 11 is 4.78. The van der Waals surface area contributed by atoms with Gasteiger partial charge in [0.05, 0.1) is 18.9 Å². The first kappa shape index (κ1) is 16.7. The number of esters is 1. The molecule has 0 saturated heterocycles. The van der Waals surface area contributed by atoms with E-state index in [9.17, 15) is 4.79 Å². The van der Waals surface area contributed by atoms with Crippen molar-refractivity contribution in [3.8, 4) is 11.3 Å². The van der Waals surface area contributed by atoms with Crippen LogP contribution in [0.2, 0.25) is 0 Å². The second kappa shape index (κ2) is 7.52. The van der Waals surface area contributed by atoms with Gasteiger partial charge in [-0.3, -0.25) is 10.9 Å². The summed E-state index contributed by atoms with van der Waals surface area (Å²) in [7, 11) is 1.35. The summed E-state index contributed by atoms with van der Waals surface area (Å²) in [5, 5.41) is 4.07. The molecule has 0 fully saturated rings. The van der Waals surface area contributed by atoms with Crippen LogP contribution in [0.4, 0.5) is 0 Å². The van der Waals surface area contributed by atoms with Crippen molar-refractivity contribution in [2.75, 3.05) is 7.11 Å². The average Bonchev–Trinajstić information content (AvgIpc) is 3.02. The maximum Gasteiger partial charge on any atom is 0.337 e. The normalized spacial score (nSPS) is 10.6. The molecule has 0 atom stereocenters. The summed E-state index contributed by atoms with van der Waals surface area (Å²) in [6.07, 6.45) is 1.48. The summed E-state index contributed by atoms with van der Waals surface area (Å²) in [5.74, 6) is 5.95. The fourth-order valence-electron chi connectivity index (χ4n) is 1.94. The number of aryl methyl sites for hydroxylation is 1. The maximum absolute atomic E-state index is 11.5. The van der Waals surface area contributed by atoms with Crippen molar-refractivity contribution in [3.63, 3.8) is 0 Å². The van der Waals surface area contributed by atoms with Crippen LogP contribution in [0.5, 0.6) is 0 Å². The molecule has 8 heteroatoms. The van der Waals surface area contributed by atoms with Crippen LogP contribution in [0.15, 0.2) is 39.9 Å². The van der Waals surface area contributed by atoms with E-state index in [0.29, 0.717) is 17.1 Å². The number of benzene rings is 1. The summed E-state index contributed by atoms with van der Waals surface area (Å²) < 4.78 is 10.4. The quantitative estimate of drug-likeness (QED) is 0.257. The van der Waals surface area contributed by atoms with Crippen LogP contribution < -0.4 is 16.7 Å². The maximum atomic E-state index is 11.5. The van der Waals surface area contributed by atoms with Crippen molar-refractivity contribution in [3.05, 3.63) is 47.2 Å². The topological polar surface area (TPSA) is 102 Å². The number of ether oxygens (including phenoxy) is 1. The van der Waals surface area contributed by atoms with Gasteiger partial charge in [0.25, 0.3) is 0 Å². The van der Waals surface area contributed by atoms with E-state index >= 15 is 0 Å². The molecule has 0 amide bonds. The first-order valence-electron chi connectivity index (χ1n) is 6.64. The van der Waals surface area contributed by atoms with Gasteiger partial charge in [0.15, 0.2) is 0 Å². The van der Waals surface area contributed by atoms with Crippen LogP contribution in [0.25, 0.3) is 11.3 Å². The minimum absolute atomic E-state index is 0.197. The van der Waals surface area contributed by atoms with Crippen LogP contribution in [0, 0.1) is 6.92 Å². The molecule has 0 aliphatic carbocycles. The number of nitrogens with one attached hydrogen (secondary N) is 2. The standard InChI is InChI=1S/C15H16N4O3S/c1-9-7-10(14(20)21-2)3-5-12(9)13-6-4-11(22-13)8-17-19-15(23)18-16/h3-8H,16H2,1-2H3,(H2,18,19,23)/b17-8+. The molecule has 0 aliphatic rings. The van der Waals surface area contributed by atoms with Crippen LogP contribution >= 0.6 is 12.2 Å². The molecule has 0 spiro atoms. The third-order valence-corrected chi connectivity index (χ3v) is 3.24. The van der Waals surface area contributed by atoms with Gasteiger partial charge >= 0.3 is 5.97 Å². The first-order valence-corrected chi connectivity index (χ1v) is 7.04. The molecular weight excluding hydrogens is 316 g/mol. The molecule has 1 heterocycles. The molecule has 23 heavy (non-hydrogen) atoms. The monoisotopic (exact) mass is 332 g/mol. The molecule has 1 aromatic carbocycles. The Morgan fingerprint density at radius 3 is 2.83 bits per heavy atom. The highest BCUT2D eigenvalue weighted by atomic mass is 32.1. The van der Waals surface area contributed by atoms with E-state index < -0.39 is 0 Å². The molecule has 4 N–H and O–H groups in total. The van der Waals surface area contributed by atoms with Gasteiger partial charge in [-0.2, -0.15) is 5.10 Å². The summed E-state index contributed by atoms with van der Waals surface area (Å²) in [5.41, 5.74) is 7.04. The molecule has 0 bridgehead atoms. The van der Waals surface area contributed by atoms with Crippen molar-refractivity contribution in [2.45, 2.75) is 6.92 Å². The van der Waals surface area contributed by atoms with Crippen LogP contribution in [0.1, 0.15) is 21.7 Å². The molecular formula is C15H16N4O3S. The van der Waals surface area contributed by atoms with Crippen molar-refractivity contribution in [1.29, 1.82) is 0 Å². The predicted octanol–water partition coefficient (Wildman–Crippen LogP) is 1.71. The third-order valence-electron chi connectivity index (χ3n) is 3.03. The zero-order valence-electron chi connectivity index (χ0n) is 12.6. The predicted molar refractivity (Wildman–Crippen MR) is 90.9 cm³/mol. The number of nitrogens with zero attached hydrogens (tertiary/aromatic N) is 1. The Balaban J connectivity index is 2.17. The van der Waals surface area contributed by atoms with Crippen molar-refractivity contribution < 1.29 is 13.9 Å². The van der Waals surface area contributed by atoms with Crippen LogP contribution in [-0.2, 0) is 4.74 Å². The summed E-state index contributed by atoms with van der Waals surface area (Å²) in [6, 6.07) is 8.85. The molecule has 0 saturated carbocycles. The Morgan fingerprint density at radius 2 is 2.17 bits per heavy atom. The molecule has 0 radical (unpaired) electrons. The zero-order chi connectivity index (χ0) is 16.8. The van der Waals surface area contributed by atoms with E-state index in [1.807, 2.05) is 19.1 Å². The van der Waals surface area contributed by atoms with Crippen LogP contribution in [0.3, 0.4) is 0 Å². The number of thiocarbonyl (C=S) groups is 1. The Bertz CT molecular complexity index is 755. The number of carbonyl (C=O) groups is 1. The fraction of sp³-hybridized carbons (Fsp3) is 0.133. The molecule has 0 unspecified atom stereocenters. The number of carbonyl (C=O) groups excluding carboxylic acids is 1. The second-order valence-corrected chi connectivity index (χ2v) is 4.98. The highest BCUT2D eigenvalue weighted by Crippen LogP contribution is 2.26. The lowest BCUT2D eigenvalue weighted by atomic mass is 10.0. The van der Waals surface area contributed by atoms with Crippen molar-refractivity contribution in [2.24, 2.45) is 10.9 Å². The number of furan rings is 1. The van der Waals surface area contributed by atoms with Gasteiger partial charge < -0.3 is 9.15 Å². The third kappa shape index (κ3) is 4.15. The highest BCUT2D eigenvalue weighted by molar-refractivity contribution is 7.80. The van der Waals surface area contributed by atoms with Gasteiger partial charge in [-0.1, -0.05) is 6.07 Å². The van der Waals surface area contributed by atoms with E-state index in [1.165, 1.54) is 13.3 Å². The van der Waals surface area contributed by atoms with Gasteiger partial charge in [-0.25, -0.2) is 10.6 Å². The highest BCUT2D eigenvalue weighted by Gasteiger charge is 2.11. The number of hydrogen-bond acceptors (Lipinski definition) is 6. The van der Waals surface area contributed by atoms with Gasteiger partial charge in [0.1, 0.15) is 11.5 Å². The zero-order valence-corrected chi connectivity index (χ0v) is 13.4. The lowest BCUT2D eigenvalue weighted by Gasteiger charge is -2.05. The average molecular weight is 332 g/mol. The number of nitrogens with two attached hydrogens (primary N) is 1. The van der Waals surface area contributed by atoms with E-state index in [4.69, 9.17) is 27.2 Å². The van der Waals surface area contributed by atoms with E-state index in [1.54, 1.807) is 18.2 Å². The van der Waals surface area contributed by atoms with Crippen molar-refractivity contribution in [1.82, 2.24) is 10.9 Å². The summed E-state index contributed by atoms with van der Waals surface area (Å²) in [6.45, 7) is 1.89. The minimum atomic E-state index is -0.373. The Morgan fingerprint density at radius 1 is 1.39 bits per heavy atom. The molecule has 0 aliphatic heterocycles. The van der Waals surface area contributed by atoms with Gasteiger partial charge in [0.2, 0.25) is 5.11 Å². The lowest BCUT2D eigenvalue weighted by Crippen LogP contribution is -2.37. The number of hydrogen-bond donors (Lipinski definition) is 3. The van der Waals surface area contributed by atoms with E-state index in [-0.39, 0.29) is 11.1 Å². The molecule has 1 aromatic heterocycles. The van der Waals surface area contributed by atoms with Gasteiger partial charge in [-0.05, 0) is 49.0 Å². The van der Waals surface area contributed by atoms with E-state index in [0.717, 1.165) is 11.1 Å². The fourth-order valence-corrected chi connectivity index (χ4v) is 1.99. The number of hydrazone groups is 1. The Labute approximate surface area is 138 Å². The van der Waals surface area contributed by atoms with E-state index in [2.05, 4.69) is 16.0 Å².